The Bertz CT molecular complexity index is 749. The fraction of sp³-hybridized carbons (Fsp3) is 0.333. The maximum absolute atomic E-state index is 14.1. The van der Waals surface area contributed by atoms with Crippen LogP contribution < -0.4 is 0 Å². The molecule has 116 valence electrons. The first-order valence-corrected chi connectivity index (χ1v) is 7.17. The Morgan fingerprint density at radius 1 is 1.36 bits per heavy atom. The molecule has 1 aliphatic heterocycles. The highest BCUT2D eigenvalue weighted by molar-refractivity contribution is 6.38. The zero-order chi connectivity index (χ0) is 16.1. The maximum Gasteiger partial charge on any atom is 0.343 e. The number of carboxylic acid groups (broad SMARTS) is 1. The van der Waals surface area contributed by atoms with Gasteiger partial charge in [0.15, 0.2) is 0 Å². The molecule has 7 heteroatoms. The first-order valence-electron chi connectivity index (χ1n) is 6.79. The topological polar surface area (TPSA) is 62.5 Å². The number of amides is 1. The standard InChI is InChI=1S/C15H14ClFN2O3/c1-18-10-5-3-2-4-9(10)11(16)12(18)13(20)19-7-6-15(17,8-19)14(21)22/h2-5H,6-8H2,1H3,(H,21,22). The summed E-state index contributed by atoms with van der Waals surface area (Å²) in [6.07, 6.45) is -0.213. The predicted molar refractivity (Wildman–Crippen MR) is 79.9 cm³/mol. The zero-order valence-corrected chi connectivity index (χ0v) is 12.6. The normalized spacial score (nSPS) is 21.5. The van der Waals surface area contributed by atoms with Gasteiger partial charge in [0.25, 0.3) is 5.91 Å². The first kappa shape index (κ1) is 14.8. The lowest BCUT2D eigenvalue weighted by molar-refractivity contribution is -0.149. The number of carboxylic acids is 1. The van der Waals surface area contributed by atoms with Crippen molar-refractivity contribution in [2.45, 2.75) is 12.1 Å². The summed E-state index contributed by atoms with van der Waals surface area (Å²) in [5.74, 6) is -1.99. The van der Waals surface area contributed by atoms with Crippen molar-refractivity contribution in [1.82, 2.24) is 9.47 Å². The molecule has 0 aliphatic carbocycles. The Morgan fingerprint density at radius 3 is 2.64 bits per heavy atom. The first-order chi connectivity index (χ1) is 10.3. The molecule has 1 N–H and O–H groups in total. The lowest BCUT2D eigenvalue weighted by Gasteiger charge is -2.18. The summed E-state index contributed by atoms with van der Waals surface area (Å²) in [6, 6.07) is 7.28. The minimum Gasteiger partial charge on any atom is -0.479 e. The number of hydrogen-bond donors (Lipinski definition) is 1. The van der Waals surface area contributed by atoms with E-state index in [0.29, 0.717) is 5.02 Å². The number of aryl methyl sites for hydroxylation is 1. The molecule has 1 aromatic carbocycles. The van der Waals surface area contributed by atoms with Gasteiger partial charge in [-0.3, -0.25) is 4.79 Å². The Kier molecular flexibility index (Phi) is 3.36. The van der Waals surface area contributed by atoms with Gasteiger partial charge in [-0.05, 0) is 6.07 Å². The molecule has 0 bridgehead atoms. The number of aromatic nitrogens is 1. The van der Waals surface area contributed by atoms with Crippen LogP contribution in [0.2, 0.25) is 5.02 Å². The summed E-state index contributed by atoms with van der Waals surface area (Å²) < 4.78 is 15.8. The molecule has 1 aliphatic rings. The van der Waals surface area contributed by atoms with Crippen LogP contribution in [0.5, 0.6) is 0 Å². The fourth-order valence-corrected chi connectivity index (χ4v) is 3.22. The van der Waals surface area contributed by atoms with Gasteiger partial charge in [-0.2, -0.15) is 0 Å². The van der Waals surface area contributed by atoms with Gasteiger partial charge in [-0.25, -0.2) is 9.18 Å². The van der Waals surface area contributed by atoms with Crippen LogP contribution in [0, 0.1) is 0 Å². The summed E-state index contributed by atoms with van der Waals surface area (Å²) in [5.41, 5.74) is -1.34. The molecule has 1 unspecified atom stereocenters. The van der Waals surface area contributed by atoms with Crippen LogP contribution in [-0.2, 0) is 11.8 Å². The van der Waals surface area contributed by atoms with Gasteiger partial charge >= 0.3 is 5.97 Å². The second-order valence-corrected chi connectivity index (χ2v) is 5.86. The van der Waals surface area contributed by atoms with E-state index < -0.39 is 24.1 Å². The van der Waals surface area contributed by atoms with Gasteiger partial charge in [0.1, 0.15) is 5.69 Å². The number of likely N-dealkylation sites (tertiary alicyclic amines) is 1. The van der Waals surface area contributed by atoms with E-state index >= 15 is 0 Å². The van der Waals surface area contributed by atoms with Crippen molar-refractivity contribution in [2.75, 3.05) is 13.1 Å². The molecule has 2 aromatic rings. The van der Waals surface area contributed by atoms with Gasteiger partial charge in [0.05, 0.1) is 11.6 Å². The van der Waals surface area contributed by atoms with E-state index in [9.17, 15) is 14.0 Å². The molecule has 0 saturated carbocycles. The number of para-hydroxylation sites is 1. The minimum absolute atomic E-state index is 0.0550. The molecule has 0 radical (unpaired) electrons. The average Bonchev–Trinajstić information content (AvgIpc) is 3.01. The van der Waals surface area contributed by atoms with Crippen LogP contribution in [0.15, 0.2) is 24.3 Å². The SMILES string of the molecule is Cn1c(C(=O)N2CCC(F)(C(=O)O)C2)c(Cl)c2ccccc21. The van der Waals surface area contributed by atoms with Gasteiger partial charge in [-0.15, -0.1) is 0 Å². The van der Waals surface area contributed by atoms with E-state index in [1.54, 1.807) is 17.7 Å². The molecule has 1 fully saturated rings. The van der Waals surface area contributed by atoms with Crippen molar-refractivity contribution >= 4 is 34.4 Å². The summed E-state index contributed by atoms with van der Waals surface area (Å²) in [6.45, 7) is -0.404. The molecule has 1 atom stereocenters. The van der Waals surface area contributed by atoms with E-state index in [1.807, 2.05) is 18.2 Å². The number of aliphatic carboxylic acids is 1. The Labute approximate surface area is 130 Å². The van der Waals surface area contributed by atoms with E-state index in [-0.39, 0.29) is 18.7 Å². The van der Waals surface area contributed by atoms with Crippen molar-refractivity contribution < 1.29 is 19.1 Å². The van der Waals surface area contributed by atoms with Crippen LogP contribution in [-0.4, -0.2) is 45.2 Å². The molecular weight excluding hydrogens is 311 g/mol. The Morgan fingerprint density at radius 2 is 2.05 bits per heavy atom. The smallest absolute Gasteiger partial charge is 0.343 e. The number of carbonyl (C=O) groups is 2. The van der Waals surface area contributed by atoms with E-state index in [1.165, 1.54) is 4.90 Å². The molecule has 3 rings (SSSR count). The van der Waals surface area contributed by atoms with Crippen LogP contribution >= 0.6 is 11.6 Å². The second kappa shape index (κ2) is 4.98. The Hall–Kier alpha value is -2.08. The summed E-state index contributed by atoms with van der Waals surface area (Å²) in [7, 11) is 1.71. The predicted octanol–water partition coefficient (Wildman–Crippen LogP) is 2.47. The number of alkyl halides is 1. The molecule has 0 spiro atoms. The number of hydrogen-bond acceptors (Lipinski definition) is 2. The number of nitrogens with zero attached hydrogens (tertiary/aromatic N) is 2. The van der Waals surface area contributed by atoms with Gasteiger partial charge in [0.2, 0.25) is 5.67 Å². The number of fused-ring (bicyclic) bond motifs is 1. The van der Waals surface area contributed by atoms with Crippen LogP contribution in [0.25, 0.3) is 10.9 Å². The van der Waals surface area contributed by atoms with Crippen molar-refractivity contribution in [1.29, 1.82) is 0 Å². The highest BCUT2D eigenvalue weighted by atomic mass is 35.5. The molecule has 1 aromatic heterocycles. The summed E-state index contributed by atoms with van der Waals surface area (Å²) >= 11 is 6.29. The van der Waals surface area contributed by atoms with Crippen LogP contribution in [0.3, 0.4) is 0 Å². The molecule has 2 heterocycles. The van der Waals surface area contributed by atoms with Gasteiger partial charge in [-0.1, -0.05) is 29.8 Å². The third-order valence-corrected chi connectivity index (χ3v) is 4.52. The minimum atomic E-state index is -2.38. The average molecular weight is 325 g/mol. The number of rotatable bonds is 2. The van der Waals surface area contributed by atoms with Gasteiger partial charge < -0.3 is 14.6 Å². The lowest BCUT2D eigenvalue weighted by Crippen LogP contribution is -2.39. The second-order valence-electron chi connectivity index (χ2n) is 5.49. The molecule has 1 saturated heterocycles. The molecule has 22 heavy (non-hydrogen) atoms. The molecule has 5 nitrogen and oxygen atoms in total. The van der Waals surface area contributed by atoms with E-state index in [4.69, 9.17) is 16.7 Å². The summed E-state index contributed by atoms with van der Waals surface area (Å²) in [4.78, 5) is 24.8. The third kappa shape index (κ3) is 2.06. The fourth-order valence-electron chi connectivity index (χ4n) is 2.85. The quantitative estimate of drug-likeness (QED) is 0.923. The zero-order valence-electron chi connectivity index (χ0n) is 11.8. The number of benzene rings is 1. The monoisotopic (exact) mass is 324 g/mol. The van der Waals surface area contributed by atoms with Crippen molar-refractivity contribution in [2.24, 2.45) is 7.05 Å². The van der Waals surface area contributed by atoms with Crippen molar-refractivity contribution in [3.05, 3.63) is 35.0 Å². The van der Waals surface area contributed by atoms with Crippen LogP contribution in [0.1, 0.15) is 16.9 Å². The lowest BCUT2D eigenvalue weighted by atomic mass is 10.1. The highest BCUT2D eigenvalue weighted by Gasteiger charge is 2.47. The summed E-state index contributed by atoms with van der Waals surface area (Å²) in [5, 5.41) is 9.96. The molecule has 1 amide bonds. The number of carbonyl (C=O) groups excluding carboxylic acids is 1. The highest BCUT2D eigenvalue weighted by Crippen LogP contribution is 2.33. The third-order valence-electron chi connectivity index (χ3n) is 4.14. The van der Waals surface area contributed by atoms with Crippen LogP contribution in [0.4, 0.5) is 4.39 Å². The van der Waals surface area contributed by atoms with E-state index in [2.05, 4.69) is 0 Å². The number of halogens is 2. The largest absolute Gasteiger partial charge is 0.479 e. The Balaban J connectivity index is 1.99. The van der Waals surface area contributed by atoms with Crippen molar-refractivity contribution in [3.63, 3.8) is 0 Å². The molecular formula is C15H14ClFN2O3. The van der Waals surface area contributed by atoms with Crippen molar-refractivity contribution in [3.8, 4) is 0 Å². The maximum atomic E-state index is 14.1. The van der Waals surface area contributed by atoms with E-state index in [0.717, 1.165) is 10.9 Å². The van der Waals surface area contributed by atoms with Gasteiger partial charge in [0, 0.05) is 30.9 Å².